The lowest BCUT2D eigenvalue weighted by atomic mass is 10.1. The first-order valence-corrected chi connectivity index (χ1v) is 5.75. The van der Waals surface area contributed by atoms with E-state index in [0.717, 1.165) is 12.1 Å². The molecule has 1 rings (SSSR count). The van der Waals surface area contributed by atoms with Gasteiger partial charge in [-0.2, -0.15) is 0 Å². The van der Waals surface area contributed by atoms with E-state index >= 15 is 0 Å². The second-order valence-electron chi connectivity index (χ2n) is 5.04. The van der Waals surface area contributed by atoms with Crippen LogP contribution in [0.1, 0.15) is 6.92 Å². The summed E-state index contributed by atoms with van der Waals surface area (Å²) < 4.78 is 13.2. The molecule has 2 N–H and O–H groups in total. The number of non-ortho nitro benzene ring substituents is 1. The Morgan fingerprint density at radius 3 is 2.63 bits per heavy atom. The van der Waals surface area contributed by atoms with Crippen LogP contribution in [0.4, 0.5) is 15.8 Å². The number of nitro benzene ring substituents is 1. The molecular weight excluding hydrogens is 253 g/mol. The molecular formula is C12H18FN3O3. The third kappa shape index (κ3) is 5.19. The Balaban J connectivity index is 2.75. The lowest BCUT2D eigenvalue weighted by Gasteiger charge is -2.27. The second-order valence-corrected chi connectivity index (χ2v) is 5.04. The zero-order chi connectivity index (χ0) is 14.6. The van der Waals surface area contributed by atoms with Gasteiger partial charge in [0.15, 0.2) is 0 Å². The number of rotatable bonds is 6. The lowest BCUT2D eigenvalue weighted by molar-refractivity contribution is -0.385. The largest absolute Gasteiger partial charge is 0.387 e. The molecule has 1 aromatic carbocycles. The van der Waals surface area contributed by atoms with Gasteiger partial charge in [-0.25, -0.2) is 4.39 Å². The molecule has 0 aliphatic carbocycles. The van der Waals surface area contributed by atoms with E-state index in [1.165, 1.54) is 6.07 Å². The molecule has 0 spiro atoms. The number of likely N-dealkylation sites (N-methyl/N-ethyl adjacent to an activating group) is 1. The summed E-state index contributed by atoms with van der Waals surface area (Å²) in [4.78, 5) is 11.8. The molecule has 0 saturated heterocycles. The van der Waals surface area contributed by atoms with Crippen LogP contribution < -0.4 is 5.32 Å². The number of nitro groups is 1. The van der Waals surface area contributed by atoms with Crippen LogP contribution in [0.2, 0.25) is 0 Å². The maximum atomic E-state index is 13.2. The van der Waals surface area contributed by atoms with Gasteiger partial charge in [-0.05, 0) is 27.1 Å². The molecule has 7 heteroatoms. The summed E-state index contributed by atoms with van der Waals surface area (Å²) in [6.45, 7) is 2.21. The predicted molar refractivity (Wildman–Crippen MR) is 70.7 cm³/mol. The van der Waals surface area contributed by atoms with Gasteiger partial charge in [0, 0.05) is 24.8 Å². The van der Waals surface area contributed by atoms with Crippen molar-refractivity contribution in [2.75, 3.05) is 32.5 Å². The van der Waals surface area contributed by atoms with Crippen molar-refractivity contribution in [3.05, 3.63) is 34.1 Å². The third-order valence-electron chi connectivity index (χ3n) is 2.42. The molecule has 19 heavy (non-hydrogen) atoms. The van der Waals surface area contributed by atoms with Crippen molar-refractivity contribution in [3.8, 4) is 0 Å². The van der Waals surface area contributed by atoms with Crippen LogP contribution in [-0.2, 0) is 0 Å². The zero-order valence-electron chi connectivity index (χ0n) is 11.2. The fourth-order valence-electron chi connectivity index (χ4n) is 1.81. The Hall–Kier alpha value is -1.73. The highest BCUT2D eigenvalue weighted by Crippen LogP contribution is 2.20. The van der Waals surface area contributed by atoms with Crippen molar-refractivity contribution in [1.82, 2.24) is 4.90 Å². The van der Waals surface area contributed by atoms with Crippen LogP contribution in [0.5, 0.6) is 0 Å². The van der Waals surface area contributed by atoms with Gasteiger partial charge < -0.3 is 15.3 Å². The summed E-state index contributed by atoms with van der Waals surface area (Å²) in [7, 11) is 3.64. The quantitative estimate of drug-likeness (QED) is 0.605. The number of halogens is 1. The minimum atomic E-state index is -1.02. The number of nitrogens with one attached hydrogen (secondary N) is 1. The van der Waals surface area contributed by atoms with Crippen LogP contribution in [0.3, 0.4) is 0 Å². The van der Waals surface area contributed by atoms with E-state index in [0.29, 0.717) is 6.54 Å². The van der Waals surface area contributed by atoms with Crippen LogP contribution in [0.25, 0.3) is 0 Å². The highest BCUT2D eigenvalue weighted by molar-refractivity contribution is 5.51. The molecule has 0 saturated carbocycles. The molecule has 0 heterocycles. The maximum absolute atomic E-state index is 13.2. The van der Waals surface area contributed by atoms with E-state index in [-0.39, 0.29) is 17.9 Å². The molecule has 1 atom stereocenters. The zero-order valence-corrected chi connectivity index (χ0v) is 11.2. The topological polar surface area (TPSA) is 78.6 Å². The van der Waals surface area contributed by atoms with Crippen molar-refractivity contribution in [3.63, 3.8) is 0 Å². The fourth-order valence-corrected chi connectivity index (χ4v) is 1.81. The molecule has 1 unspecified atom stereocenters. The number of hydrogen-bond acceptors (Lipinski definition) is 5. The van der Waals surface area contributed by atoms with Crippen LogP contribution in [0.15, 0.2) is 18.2 Å². The second kappa shape index (κ2) is 5.94. The van der Waals surface area contributed by atoms with Gasteiger partial charge >= 0.3 is 0 Å². The number of nitrogens with zero attached hydrogens (tertiary/aromatic N) is 2. The van der Waals surface area contributed by atoms with E-state index in [1.54, 1.807) is 6.92 Å². The summed E-state index contributed by atoms with van der Waals surface area (Å²) in [6, 6.07) is 3.23. The molecule has 0 aliphatic heterocycles. The first kappa shape index (κ1) is 15.3. The number of aliphatic hydroxyl groups is 1. The van der Waals surface area contributed by atoms with Crippen molar-refractivity contribution < 1.29 is 14.4 Å². The summed E-state index contributed by atoms with van der Waals surface area (Å²) >= 11 is 0. The van der Waals surface area contributed by atoms with Crippen LogP contribution in [0, 0.1) is 15.9 Å². The van der Waals surface area contributed by atoms with Gasteiger partial charge in [-0.15, -0.1) is 0 Å². The summed E-state index contributed by atoms with van der Waals surface area (Å²) in [5.41, 5.74) is -1.08. The van der Waals surface area contributed by atoms with Crippen molar-refractivity contribution in [2.24, 2.45) is 0 Å². The predicted octanol–water partition coefficient (Wildman–Crippen LogP) is 1.46. The normalized spacial score (nSPS) is 14.2. The van der Waals surface area contributed by atoms with Gasteiger partial charge in [0.2, 0.25) is 0 Å². The minimum Gasteiger partial charge on any atom is -0.387 e. The molecule has 106 valence electrons. The van der Waals surface area contributed by atoms with Gasteiger partial charge in [0.1, 0.15) is 5.82 Å². The Morgan fingerprint density at radius 1 is 1.47 bits per heavy atom. The monoisotopic (exact) mass is 271 g/mol. The third-order valence-corrected chi connectivity index (χ3v) is 2.42. The molecule has 1 aromatic rings. The first-order chi connectivity index (χ1) is 8.69. The number of hydrogen-bond donors (Lipinski definition) is 2. The fraction of sp³-hybridized carbons (Fsp3) is 0.500. The van der Waals surface area contributed by atoms with Crippen LogP contribution in [-0.4, -0.2) is 47.7 Å². The summed E-state index contributed by atoms with van der Waals surface area (Å²) in [5, 5.41) is 23.5. The summed E-state index contributed by atoms with van der Waals surface area (Å²) in [5.74, 6) is -0.691. The van der Waals surface area contributed by atoms with E-state index in [2.05, 4.69) is 5.32 Å². The Labute approximate surface area is 111 Å². The number of benzene rings is 1. The standard InChI is InChI=1S/C12H18FN3O3/c1-12(17,8-15(2)3)7-14-10-4-9(13)5-11(6-10)16(18)19/h4-6,14,17H,7-8H2,1-3H3. The van der Waals surface area contributed by atoms with Crippen molar-refractivity contribution in [2.45, 2.75) is 12.5 Å². The molecule has 0 aliphatic rings. The van der Waals surface area contributed by atoms with Gasteiger partial charge in [-0.1, -0.05) is 0 Å². The van der Waals surface area contributed by atoms with Crippen molar-refractivity contribution >= 4 is 11.4 Å². The average Bonchev–Trinajstić information content (AvgIpc) is 2.24. The average molecular weight is 271 g/mol. The lowest BCUT2D eigenvalue weighted by Crippen LogP contribution is -2.43. The Kier molecular flexibility index (Phi) is 4.79. The number of anilines is 1. The van der Waals surface area contributed by atoms with E-state index in [9.17, 15) is 19.6 Å². The van der Waals surface area contributed by atoms with Crippen molar-refractivity contribution in [1.29, 1.82) is 0 Å². The molecule has 0 aromatic heterocycles. The molecule has 0 radical (unpaired) electrons. The first-order valence-electron chi connectivity index (χ1n) is 5.75. The van der Waals surface area contributed by atoms with Gasteiger partial charge in [-0.3, -0.25) is 10.1 Å². The summed E-state index contributed by atoms with van der Waals surface area (Å²) in [6.07, 6.45) is 0. The SMILES string of the molecule is CN(C)CC(C)(O)CNc1cc(F)cc([N+](=O)[O-])c1. The highest BCUT2D eigenvalue weighted by atomic mass is 19.1. The van der Waals surface area contributed by atoms with Gasteiger partial charge in [0.25, 0.3) is 5.69 Å². The van der Waals surface area contributed by atoms with Gasteiger partial charge in [0.05, 0.1) is 16.6 Å². The highest BCUT2D eigenvalue weighted by Gasteiger charge is 2.21. The van der Waals surface area contributed by atoms with Crippen LogP contribution >= 0.6 is 0 Å². The molecule has 0 amide bonds. The molecule has 0 bridgehead atoms. The Morgan fingerprint density at radius 2 is 2.11 bits per heavy atom. The van der Waals surface area contributed by atoms with E-state index < -0.39 is 16.3 Å². The van der Waals surface area contributed by atoms with E-state index in [4.69, 9.17) is 0 Å². The maximum Gasteiger partial charge on any atom is 0.274 e. The van der Waals surface area contributed by atoms with E-state index in [1.807, 2.05) is 19.0 Å². The molecule has 6 nitrogen and oxygen atoms in total. The minimum absolute atomic E-state index is 0.159. The molecule has 0 fully saturated rings. The Bertz CT molecular complexity index is 464. The smallest absolute Gasteiger partial charge is 0.274 e.